The molecule has 0 aliphatic carbocycles. The standard InChI is InChI=1S/C24H34N6O.HI/c1-3-25-24(29-13-10-19(18-29)15-20-16-27-28(2)17-20)26-12-6-9-23(31)30-14-11-21-7-4-5-8-22(21)30;/h4-5,7-8,16-17,19H,3,6,9-15,18H2,1-2H3,(H,25,26);1H. The second-order valence-corrected chi connectivity index (χ2v) is 8.59. The summed E-state index contributed by atoms with van der Waals surface area (Å²) in [6.45, 7) is 6.48. The SMILES string of the molecule is CCNC(=NCCCC(=O)N1CCc2ccccc21)N1CCC(Cc2cnn(C)c2)C1.I. The van der Waals surface area contributed by atoms with Crippen molar-refractivity contribution >= 4 is 41.5 Å². The third kappa shape index (κ3) is 6.02. The Labute approximate surface area is 208 Å². The van der Waals surface area contributed by atoms with E-state index in [9.17, 15) is 4.79 Å². The van der Waals surface area contributed by atoms with E-state index in [0.717, 1.165) is 57.1 Å². The van der Waals surface area contributed by atoms with Crippen LogP contribution in [0.5, 0.6) is 0 Å². The second-order valence-electron chi connectivity index (χ2n) is 8.59. The number of para-hydroxylation sites is 1. The summed E-state index contributed by atoms with van der Waals surface area (Å²) in [5.41, 5.74) is 3.66. The van der Waals surface area contributed by atoms with Crippen molar-refractivity contribution in [3.8, 4) is 0 Å². The minimum Gasteiger partial charge on any atom is -0.357 e. The van der Waals surface area contributed by atoms with Crippen molar-refractivity contribution in [1.29, 1.82) is 0 Å². The van der Waals surface area contributed by atoms with Gasteiger partial charge in [0.25, 0.3) is 0 Å². The first-order valence-electron chi connectivity index (χ1n) is 11.5. The van der Waals surface area contributed by atoms with E-state index in [1.165, 1.54) is 17.5 Å². The van der Waals surface area contributed by atoms with Gasteiger partial charge in [-0.25, -0.2) is 0 Å². The number of hydrogen-bond acceptors (Lipinski definition) is 3. The normalized spacial score (nSPS) is 17.9. The number of guanidine groups is 1. The lowest BCUT2D eigenvalue weighted by molar-refractivity contribution is -0.118. The average Bonchev–Trinajstić information content (AvgIpc) is 3.50. The van der Waals surface area contributed by atoms with Gasteiger partial charge < -0.3 is 15.1 Å². The zero-order valence-corrected chi connectivity index (χ0v) is 21.5. The Morgan fingerprint density at radius 3 is 2.91 bits per heavy atom. The largest absolute Gasteiger partial charge is 0.357 e. The van der Waals surface area contributed by atoms with Crippen molar-refractivity contribution in [3.05, 3.63) is 47.8 Å². The van der Waals surface area contributed by atoms with Crippen molar-refractivity contribution in [3.63, 3.8) is 0 Å². The van der Waals surface area contributed by atoms with E-state index < -0.39 is 0 Å². The smallest absolute Gasteiger partial charge is 0.227 e. The van der Waals surface area contributed by atoms with Gasteiger partial charge >= 0.3 is 0 Å². The lowest BCUT2D eigenvalue weighted by Crippen LogP contribution is -2.40. The van der Waals surface area contributed by atoms with Crippen LogP contribution in [0.3, 0.4) is 0 Å². The summed E-state index contributed by atoms with van der Waals surface area (Å²) in [5, 5.41) is 7.72. The molecule has 1 aromatic carbocycles. The van der Waals surface area contributed by atoms with Crippen molar-refractivity contribution < 1.29 is 4.79 Å². The number of aryl methyl sites for hydroxylation is 1. The number of halogens is 1. The number of amides is 1. The minimum absolute atomic E-state index is 0. The molecule has 8 heteroatoms. The van der Waals surface area contributed by atoms with E-state index in [-0.39, 0.29) is 29.9 Å². The molecule has 3 heterocycles. The molecule has 7 nitrogen and oxygen atoms in total. The molecule has 1 unspecified atom stereocenters. The van der Waals surface area contributed by atoms with Gasteiger partial charge in [0.2, 0.25) is 5.91 Å². The quantitative estimate of drug-likeness (QED) is 0.249. The van der Waals surface area contributed by atoms with Crippen LogP contribution in [-0.4, -0.2) is 59.3 Å². The van der Waals surface area contributed by atoms with Gasteiger partial charge in [-0.1, -0.05) is 18.2 Å². The summed E-state index contributed by atoms with van der Waals surface area (Å²) in [7, 11) is 1.97. The van der Waals surface area contributed by atoms with Gasteiger partial charge in [-0.3, -0.25) is 14.5 Å². The highest BCUT2D eigenvalue weighted by Crippen LogP contribution is 2.28. The maximum absolute atomic E-state index is 12.7. The highest BCUT2D eigenvalue weighted by Gasteiger charge is 2.26. The summed E-state index contributed by atoms with van der Waals surface area (Å²) in [4.78, 5) is 21.8. The molecule has 174 valence electrons. The minimum atomic E-state index is 0. The maximum Gasteiger partial charge on any atom is 0.227 e. The molecule has 2 aliphatic rings. The molecule has 2 aliphatic heterocycles. The molecule has 0 bridgehead atoms. The van der Waals surface area contributed by atoms with Crippen LogP contribution in [0.25, 0.3) is 0 Å². The van der Waals surface area contributed by atoms with Crippen LogP contribution in [0.4, 0.5) is 5.69 Å². The fourth-order valence-electron chi connectivity index (χ4n) is 4.68. The first kappa shape index (κ1) is 24.5. The first-order chi connectivity index (χ1) is 15.1. The Bertz CT molecular complexity index is 927. The number of aliphatic imine (C=N–C) groups is 1. The third-order valence-electron chi connectivity index (χ3n) is 6.20. The molecule has 0 saturated carbocycles. The van der Waals surface area contributed by atoms with E-state index >= 15 is 0 Å². The Morgan fingerprint density at radius 1 is 1.28 bits per heavy atom. The highest BCUT2D eigenvalue weighted by molar-refractivity contribution is 14.0. The average molecular weight is 550 g/mol. The first-order valence-corrected chi connectivity index (χ1v) is 11.5. The van der Waals surface area contributed by atoms with Crippen LogP contribution in [-0.2, 0) is 24.7 Å². The molecule has 1 aromatic heterocycles. The number of carbonyl (C=O) groups excluding carboxylic acids is 1. The van der Waals surface area contributed by atoms with Crippen LogP contribution < -0.4 is 10.2 Å². The van der Waals surface area contributed by atoms with E-state index in [1.807, 2.05) is 35.0 Å². The van der Waals surface area contributed by atoms with E-state index in [0.29, 0.717) is 18.9 Å². The monoisotopic (exact) mass is 550 g/mol. The Hall–Kier alpha value is -2.10. The Kier molecular flexibility index (Phi) is 8.95. The fraction of sp³-hybridized carbons (Fsp3) is 0.542. The van der Waals surface area contributed by atoms with Crippen LogP contribution in [0.15, 0.2) is 41.7 Å². The molecule has 1 amide bonds. The van der Waals surface area contributed by atoms with Crippen molar-refractivity contribution in [2.24, 2.45) is 18.0 Å². The van der Waals surface area contributed by atoms with E-state index in [2.05, 4.69) is 40.6 Å². The number of likely N-dealkylation sites (tertiary alicyclic amines) is 1. The maximum atomic E-state index is 12.7. The van der Waals surface area contributed by atoms with Crippen molar-refractivity contribution in [1.82, 2.24) is 20.0 Å². The molecule has 0 radical (unpaired) electrons. The highest BCUT2D eigenvalue weighted by atomic mass is 127. The number of aromatic nitrogens is 2. The van der Waals surface area contributed by atoms with Gasteiger partial charge in [-0.2, -0.15) is 5.10 Å². The zero-order chi connectivity index (χ0) is 21.6. The second kappa shape index (κ2) is 11.7. The number of rotatable bonds is 7. The molecule has 4 rings (SSSR count). The number of anilines is 1. The van der Waals surface area contributed by atoms with Crippen LogP contribution in [0, 0.1) is 5.92 Å². The van der Waals surface area contributed by atoms with Gasteiger partial charge in [-0.15, -0.1) is 24.0 Å². The number of nitrogens with zero attached hydrogens (tertiary/aromatic N) is 5. The fourth-order valence-corrected chi connectivity index (χ4v) is 4.68. The summed E-state index contributed by atoms with van der Waals surface area (Å²) in [6, 6.07) is 8.22. The predicted octanol–water partition coefficient (Wildman–Crippen LogP) is 3.24. The van der Waals surface area contributed by atoms with Crippen molar-refractivity contribution in [2.45, 2.75) is 39.0 Å². The molecular weight excluding hydrogens is 515 g/mol. The van der Waals surface area contributed by atoms with Crippen LogP contribution >= 0.6 is 24.0 Å². The predicted molar refractivity (Wildman–Crippen MR) is 140 cm³/mol. The van der Waals surface area contributed by atoms with Gasteiger partial charge in [0, 0.05) is 58.1 Å². The number of nitrogens with one attached hydrogen (secondary N) is 1. The topological polar surface area (TPSA) is 65.8 Å². The lowest BCUT2D eigenvalue weighted by Gasteiger charge is -2.22. The molecule has 32 heavy (non-hydrogen) atoms. The van der Waals surface area contributed by atoms with Gasteiger partial charge in [0.1, 0.15) is 0 Å². The van der Waals surface area contributed by atoms with Crippen molar-refractivity contribution in [2.75, 3.05) is 37.6 Å². The number of fused-ring (bicyclic) bond motifs is 1. The molecule has 0 spiro atoms. The summed E-state index contributed by atoms with van der Waals surface area (Å²) < 4.78 is 1.87. The third-order valence-corrected chi connectivity index (χ3v) is 6.20. The summed E-state index contributed by atoms with van der Waals surface area (Å²) in [5.74, 6) is 1.82. The van der Waals surface area contributed by atoms with E-state index in [4.69, 9.17) is 4.99 Å². The molecule has 1 N–H and O–H groups in total. The van der Waals surface area contributed by atoms with Gasteiger partial charge in [0.15, 0.2) is 5.96 Å². The molecule has 1 saturated heterocycles. The van der Waals surface area contributed by atoms with Gasteiger partial charge in [0.05, 0.1) is 6.20 Å². The molecule has 2 aromatic rings. The molecule has 1 atom stereocenters. The molecular formula is C24H35IN6O. The zero-order valence-electron chi connectivity index (χ0n) is 19.2. The van der Waals surface area contributed by atoms with Crippen LogP contribution in [0.1, 0.15) is 37.3 Å². The van der Waals surface area contributed by atoms with Gasteiger partial charge in [-0.05, 0) is 55.7 Å². The summed E-state index contributed by atoms with van der Waals surface area (Å²) in [6.07, 6.45) is 8.59. The Balaban J connectivity index is 0.00000289. The number of hydrogen-bond donors (Lipinski definition) is 1. The number of carbonyl (C=O) groups is 1. The molecule has 1 fully saturated rings. The summed E-state index contributed by atoms with van der Waals surface area (Å²) >= 11 is 0. The van der Waals surface area contributed by atoms with Crippen LogP contribution in [0.2, 0.25) is 0 Å². The Morgan fingerprint density at radius 2 is 2.12 bits per heavy atom. The van der Waals surface area contributed by atoms with E-state index in [1.54, 1.807) is 0 Å². The lowest BCUT2D eigenvalue weighted by atomic mass is 10.0. The number of benzene rings is 1.